The van der Waals surface area contributed by atoms with E-state index in [0.717, 1.165) is 5.56 Å². The molecule has 0 aliphatic rings. The summed E-state index contributed by atoms with van der Waals surface area (Å²) in [4.78, 5) is 23.7. The normalized spacial score (nSPS) is 10.7. The molecule has 2 aromatic carbocycles. The molecule has 2 rings (SSSR count). The predicted octanol–water partition coefficient (Wildman–Crippen LogP) is 2.67. The van der Waals surface area contributed by atoms with Crippen molar-refractivity contribution in [1.29, 1.82) is 5.26 Å². The number of hydrogen-bond donors (Lipinski definition) is 1. The summed E-state index contributed by atoms with van der Waals surface area (Å²) in [5, 5.41) is 9.49. The minimum atomic E-state index is -0.649. The van der Waals surface area contributed by atoms with Gasteiger partial charge >= 0.3 is 0 Å². The summed E-state index contributed by atoms with van der Waals surface area (Å²) in [5.41, 5.74) is 6.80. The van der Waals surface area contributed by atoms with Crippen LogP contribution in [0, 0.1) is 18.3 Å². The second kappa shape index (κ2) is 9.24. The quantitative estimate of drug-likeness (QED) is 0.428. The fourth-order valence-electron chi connectivity index (χ4n) is 2.56. The lowest BCUT2D eigenvalue weighted by Crippen LogP contribution is -2.20. The molecule has 1 amide bonds. The lowest BCUT2D eigenvalue weighted by Gasteiger charge is -2.14. The number of hydrogen-bond acceptors (Lipinski definition) is 6. The van der Waals surface area contributed by atoms with Crippen molar-refractivity contribution in [3.8, 4) is 23.3 Å². The number of primary amides is 1. The Balaban J connectivity index is 2.48. The van der Waals surface area contributed by atoms with E-state index in [-0.39, 0.29) is 35.2 Å². The van der Waals surface area contributed by atoms with Gasteiger partial charge in [-0.25, -0.2) is 0 Å². The fraction of sp³-hybridized carbons (Fsp3) is 0.190. The number of ether oxygens (including phenoxy) is 3. The maximum absolute atomic E-state index is 12.7. The first-order valence-corrected chi connectivity index (χ1v) is 8.30. The number of ketones is 1. The van der Waals surface area contributed by atoms with Gasteiger partial charge in [0.25, 0.3) is 5.91 Å². The van der Waals surface area contributed by atoms with Crippen molar-refractivity contribution in [2.45, 2.75) is 6.92 Å². The molecule has 0 unspecified atom stereocenters. The van der Waals surface area contributed by atoms with E-state index in [1.165, 1.54) is 20.3 Å². The molecule has 144 valence electrons. The molecule has 0 fully saturated rings. The van der Waals surface area contributed by atoms with Gasteiger partial charge in [-0.3, -0.25) is 9.59 Å². The molecule has 28 heavy (non-hydrogen) atoms. The number of rotatable bonds is 8. The van der Waals surface area contributed by atoms with Crippen molar-refractivity contribution in [2.75, 3.05) is 20.8 Å². The lowest BCUT2D eigenvalue weighted by atomic mass is 9.98. The summed E-state index contributed by atoms with van der Waals surface area (Å²) < 4.78 is 15.9. The van der Waals surface area contributed by atoms with E-state index in [9.17, 15) is 14.9 Å². The van der Waals surface area contributed by atoms with Gasteiger partial charge in [-0.15, -0.1) is 0 Å². The highest BCUT2D eigenvalue weighted by molar-refractivity contribution is 6.14. The van der Waals surface area contributed by atoms with Crippen LogP contribution in [0.4, 0.5) is 0 Å². The second-order valence-corrected chi connectivity index (χ2v) is 5.82. The van der Waals surface area contributed by atoms with Crippen molar-refractivity contribution in [3.05, 3.63) is 58.7 Å². The molecule has 7 heteroatoms. The lowest BCUT2D eigenvalue weighted by molar-refractivity contribution is -0.120. The topological polar surface area (TPSA) is 112 Å². The number of carbonyl (C=O) groups is 2. The van der Waals surface area contributed by atoms with E-state index >= 15 is 0 Å². The van der Waals surface area contributed by atoms with Crippen LogP contribution in [-0.2, 0) is 4.79 Å². The first-order chi connectivity index (χ1) is 13.4. The van der Waals surface area contributed by atoms with Crippen LogP contribution < -0.4 is 19.9 Å². The Hall–Kier alpha value is -3.79. The van der Waals surface area contributed by atoms with Crippen LogP contribution in [0.2, 0.25) is 0 Å². The van der Waals surface area contributed by atoms with Gasteiger partial charge in [0.1, 0.15) is 11.6 Å². The zero-order valence-electron chi connectivity index (χ0n) is 15.8. The SMILES string of the molecule is COc1cc(/C=C(\C#N)C(=O)c2ccccc2C)cc(OC)c1OCC(N)=O. The molecule has 0 radical (unpaired) electrons. The van der Waals surface area contributed by atoms with Gasteiger partial charge in [-0.05, 0) is 36.3 Å². The number of nitrogens with two attached hydrogens (primary N) is 1. The first-order valence-electron chi connectivity index (χ1n) is 8.30. The van der Waals surface area contributed by atoms with E-state index in [4.69, 9.17) is 19.9 Å². The minimum Gasteiger partial charge on any atom is -0.493 e. The highest BCUT2D eigenvalue weighted by Crippen LogP contribution is 2.39. The third-order valence-electron chi connectivity index (χ3n) is 3.91. The molecule has 0 saturated heterocycles. The van der Waals surface area contributed by atoms with Crippen LogP contribution in [0.1, 0.15) is 21.5 Å². The first kappa shape index (κ1) is 20.5. The average Bonchev–Trinajstić information content (AvgIpc) is 2.69. The fourth-order valence-corrected chi connectivity index (χ4v) is 2.56. The summed E-state index contributed by atoms with van der Waals surface area (Å²) in [6.45, 7) is 1.45. The maximum Gasteiger partial charge on any atom is 0.255 e. The van der Waals surface area contributed by atoms with Crippen molar-refractivity contribution in [2.24, 2.45) is 5.73 Å². The summed E-state index contributed by atoms with van der Waals surface area (Å²) in [6, 6.07) is 12.1. The molecule has 0 saturated carbocycles. The Kier molecular flexibility index (Phi) is 6.77. The predicted molar refractivity (Wildman–Crippen MR) is 103 cm³/mol. The second-order valence-electron chi connectivity index (χ2n) is 5.82. The molecule has 0 aliphatic carbocycles. The molecule has 0 spiro atoms. The number of nitriles is 1. The zero-order valence-corrected chi connectivity index (χ0v) is 15.8. The van der Waals surface area contributed by atoms with Crippen molar-refractivity contribution >= 4 is 17.8 Å². The van der Waals surface area contributed by atoms with E-state index in [2.05, 4.69) is 0 Å². The molecule has 2 aromatic rings. The molecule has 0 aromatic heterocycles. The molecule has 0 heterocycles. The summed E-state index contributed by atoms with van der Waals surface area (Å²) >= 11 is 0. The van der Waals surface area contributed by atoms with E-state index in [1.807, 2.05) is 12.1 Å². The van der Waals surface area contributed by atoms with Crippen LogP contribution in [0.3, 0.4) is 0 Å². The minimum absolute atomic E-state index is 0.0378. The number of methoxy groups -OCH3 is 2. The number of carbonyl (C=O) groups excluding carboxylic acids is 2. The zero-order chi connectivity index (χ0) is 20.7. The third kappa shape index (κ3) is 4.68. The smallest absolute Gasteiger partial charge is 0.255 e. The summed E-state index contributed by atoms with van der Waals surface area (Å²) in [5.74, 6) is -0.291. The largest absolute Gasteiger partial charge is 0.493 e. The molecule has 0 aliphatic heterocycles. The van der Waals surface area contributed by atoms with Crippen LogP contribution in [0.25, 0.3) is 6.08 Å². The Morgan fingerprint density at radius 2 is 1.75 bits per heavy atom. The Labute approximate surface area is 162 Å². The van der Waals surface area contributed by atoms with Gasteiger partial charge in [0.2, 0.25) is 11.5 Å². The Bertz CT molecular complexity index is 948. The van der Waals surface area contributed by atoms with E-state index in [1.54, 1.807) is 37.3 Å². The van der Waals surface area contributed by atoms with Crippen LogP contribution in [0.5, 0.6) is 17.2 Å². The van der Waals surface area contributed by atoms with Gasteiger partial charge < -0.3 is 19.9 Å². The van der Waals surface area contributed by atoms with Crippen LogP contribution in [0.15, 0.2) is 42.0 Å². The molecular formula is C21H20N2O5. The number of Topliss-reactive ketones (excluding diaryl/α,β-unsaturated/α-hetero) is 1. The maximum atomic E-state index is 12.7. The van der Waals surface area contributed by atoms with Crippen molar-refractivity contribution in [1.82, 2.24) is 0 Å². The van der Waals surface area contributed by atoms with Gasteiger partial charge in [0.15, 0.2) is 18.1 Å². The highest BCUT2D eigenvalue weighted by Gasteiger charge is 2.17. The van der Waals surface area contributed by atoms with Crippen molar-refractivity contribution < 1.29 is 23.8 Å². The standard InChI is InChI=1S/C21H20N2O5/c1-13-6-4-5-7-16(13)20(25)15(11-22)8-14-9-17(26-2)21(18(10-14)27-3)28-12-19(23)24/h4-10H,12H2,1-3H3,(H2,23,24)/b15-8+. The van der Waals surface area contributed by atoms with Gasteiger partial charge in [0.05, 0.1) is 14.2 Å². The van der Waals surface area contributed by atoms with Crippen LogP contribution >= 0.6 is 0 Å². The number of aryl methyl sites for hydroxylation is 1. The highest BCUT2D eigenvalue weighted by atomic mass is 16.5. The van der Waals surface area contributed by atoms with E-state index < -0.39 is 5.91 Å². The summed E-state index contributed by atoms with van der Waals surface area (Å²) in [7, 11) is 2.84. The van der Waals surface area contributed by atoms with Gasteiger partial charge in [-0.2, -0.15) is 5.26 Å². The molecule has 0 atom stereocenters. The number of benzene rings is 2. The Morgan fingerprint density at radius 3 is 2.25 bits per heavy atom. The Morgan fingerprint density at radius 1 is 1.14 bits per heavy atom. The molecular weight excluding hydrogens is 360 g/mol. The molecule has 2 N–H and O–H groups in total. The number of amides is 1. The molecule has 7 nitrogen and oxygen atoms in total. The van der Waals surface area contributed by atoms with Crippen molar-refractivity contribution in [3.63, 3.8) is 0 Å². The summed E-state index contributed by atoms with van der Waals surface area (Å²) in [6.07, 6.45) is 1.44. The van der Waals surface area contributed by atoms with Crippen LogP contribution in [-0.4, -0.2) is 32.5 Å². The number of allylic oxidation sites excluding steroid dienone is 1. The van der Waals surface area contributed by atoms with Gasteiger partial charge in [-0.1, -0.05) is 24.3 Å². The third-order valence-corrected chi connectivity index (χ3v) is 3.91. The van der Waals surface area contributed by atoms with E-state index in [0.29, 0.717) is 11.1 Å². The van der Waals surface area contributed by atoms with Gasteiger partial charge in [0, 0.05) is 5.56 Å². The molecule has 0 bridgehead atoms. The number of nitrogens with zero attached hydrogens (tertiary/aromatic N) is 1. The average molecular weight is 380 g/mol. The monoisotopic (exact) mass is 380 g/mol.